The molecule has 1 N–H and O–H groups in total. The molecule has 1 aromatic carbocycles. The maximum absolute atomic E-state index is 10.8. The number of carboxylic acid groups (broad SMARTS) is 1. The summed E-state index contributed by atoms with van der Waals surface area (Å²) in [6, 6.07) is 6.88. The summed E-state index contributed by atoms with van der Waals surface area (Å²) >= 11 is 0. The topological polar surface area (TPSA) is 37.3 Å². The maximum Gasteiger partial charge on any atom is 0.335 e. The predicted octanol–water partition coefficient (Wildman–Crippen LogP) is 6.43. The number of rotatable bonds is 5. The third-order valence-corrected chi connectivity index (χ3v) is 4.86. The molecule has 0 radical (unpaired) electrons. The second-order valence-electron chi connectivity index (χ2n) is 7.46. The molecule has 25 heavy (non-hydrogen) atoms. The van der Waals surface area contributed by atoms with Crippen LogP contribution in [0.4, 0.5) is 0 Å². The van der Waals surface area contributed by atoms with Crippen molar-refractivity contribution in [3.63, 3.8) is 0 Å². The number of hydrogen-bond donors (Lipinski definition) is 1. The van der Waals surface area contributed by atoms with E-state index >= 15 is 0 Å². The highest BCUT2D eigenvalue weighted by Gasteiger charge is 2.26. The summed E-state index contributed by atoms with van der Waals surface area (Å²) in [5.74, 6) is -0.897. The van der Waals surface area contributed by atoms with Crippen molar-refractivity contribution in [1.29, 1.82) is 0 Å². The third kappa shape index (κ3) is 5.32. The lowest BCUT2D eigenvalue weighted by atomic mass is 9.72. The zero-order valence-corrected chi connectivity index (χ0v) is 15.7. The molecular weight excluding hydrogens is 308 g/mol. The largest absolute Gasteiger partial charge is 0.478 e. The van der Waals surface area contributed by atoms with Crippen molar-refractivity contribution >= 4 is 12.0 Å². The number of benzene rings is 1. The monoisotopic (exact) mass is 336 g/mol. The van der Waals surface area contributed by atoms with E-state index in [1.807, 2.05) is 24.3 Å². The molecule has 2 rings (SSSR count). The van der Waals surface area contributed by atoms with Crippen LogP contribution in [0.1, 0.15) is 62.9 Å². The lowest BCUT2D eigenvalue weighted by molar-refractivity contribution is 0.0697. The van der Waals surface area contributed by atoms with Crippen molar-refractivity contribution in [2.45, 2.75) is 47.0 Å². The highest BCUT2D eigenvalue weighted by atomic mass is 16.4. The fourth-order valence-corrected chi connectivity index (χ4v) is 3.33. The van der Waals surface area contributed by atoms with Crippen LogP contribution in [0.5, 0.6) is 0 Å². The number of carbonyl (C=O) groups is 1. The molecule has 0 aromatic heterocycles. The Balaban J connectivity index is 2.05. The van der Waals surface area contributed by atoms with Gasteiger partial charge in [0.25, 0.3) is 0 Å². The van der Waals surface area contributed by atoms with E-state index < -0.39 is 5.97 Å². The Labute approximate surface area is 151 Å². The van der Waals surface area contributed by atoms with Gasteiger partial charge in [0.05, 0.1) is 5.56 Å². The quantitative estimate of drug-likeness (QED) is 0.629. The summed E-state index contributed by atoms with van der Waals surface area (Å²) in [5, 5.41) is 8.91. The van der Waals surface area contributed by atoms with Crippen LogP contribution in [0.2, 0.25) is 0 Å². The molecule has 2 nitrogen and oxygen atoms in total. The maximum atomic E-state index is 10.8. The van der Waals surface area contributed by atoms with Crippen LogP contribution in [-0.2, 0) is 0 Å². The minimum Gasteiger partial charge on any atom is -0.478 e. The van der Waals surface area contributed by atoms with Gasteiger partial charge in [0.1, 0.15) is 0 Å². The Bertz CT molecular complexity index is 741. The van der Waals surface area contributed by atoms with E-state index in [2.05, 4.69) is 45.9 Å². The van der Waals surface area contributed by atoms with E-state index in [1.54, 1.807) is 12.1 Å². The van der Waals surface area contributed by atoms with Gasteiger partial charge in [-0.2, -0.15) is 0 Å². The fraction of sp³-hybridized carbons (Fsp3) is 0.348. The smallest absolute Gasteiger partial charge is 0.335 e. The first-order chi connectivity index (χ1) is 11.8. The summed E-state index contributed by atoms with van der Waals surface area (Å²) in [5.41, 5.74) is 5.74. The van der Waals surface area contributed by atoms with Crippen LogP contribution >= 0.6 is 0 Å². The van der Waals surface area contributed by atoms with Gasteiger partial charge in [-0.3, -0.25) is 0 Å². The summed E-state index contributed by atoms with van der Waals surface area (Å²) in [4.78, 5) is 10.8. The lowest BCUT2D eigenvalue weighted by Gasteiger charge is -2.32. The summed E-state index contributed by atoms with van der Waals surface area (Å²) < 4.78 is 0. The zero-order chi connectivity index (χ0) is 18.4. The standard InChI is InChI=1S/C23H28O2/c1-17(10-15-21-18(2)8-6-16-23(21,3)4)7-5-9-19-11-13-20(14-12-19)22(24)25/h5,7,9-15H,6,8,16H2,1-4H3,(H,24,25)/b9-5+,15-10+,17-7-. The van der Waals surface area contributed by atoms with Crippen LogP contribution in [0.15, 0.2) is 65.3 Å². The van der Waals surface area contributed by atoms with Gasteiger partial charge in [-0.15, -0.1) is 0 Å². The summed E-state index contributed by atoms with van der Waals surface area (Å²) in [7, 11) is 0. The average Bonchev–Trinajstić information content (AvgIpc) is 2.54. The molecule has 0 spiro atoms. The lowest BCUT2D eigenvalue weighted by Crippen LogP contribution is -2.19. The molecule has 1 aromatic rings. The number of aromatic carboxylic acids is 1. The van der Waals surface area contributed by atoms with Crippen molar-refractivity contribution in [2.24, 2.45) is 5.41 Å². The fourth-order valence-electron chi connectivity index (χ4n) is 3.33. The van der Waals surface area contributed by atoms with Gasteiger partial charge in [0, 0.05) is 0 Å². The van der Waals surface area contributed by atoms with E-state index in [0.717, 1.165) is 5.56 Å². The average molecular weight is 336 g/mol. The van der Waals surface area contributed by atoms with E-state index in [-0.39, 0.29) is 5.41 Å². The minimum atomic E-state index is -0.897. The van der Waals surface area contributed by atoms with Gasteiger partial charge in [-0.05, 0) is 61.8 Å². The minimum absolute atomic E-state index is 0.265. The molecule has 0 atom stereocenters. The first-order valence-electron chi connectivity index (χ1n) is 8.86. The second kappa shape index (κ2) is 8.15. The summed E-state index contributed by atoms with van der Waals surface area (Å²) in [6.45, 7) is 9.00. The van der Waals surface area contributed by atoms with Crippen molar-refractivity contribution in [3.05, 3.63) is 76.4 Å². The molecular formula is C23H28O2. The van der Waals surface area contributed by atoms with Crippen LogP contribution < -0.4 is 0 Å². The normalized spacial score (nSPS) is 18.3. The molecule has 2 heteroatoms. The molecule has 0 amide bonds. The molecule has 0 bridgehead atoms. The van der Waals surface area contributed by atoms with E-state index in [1.165, 1.54) is 36.0 Å². The van der Waals surface area contributed by atoms with Crippen LogP contribution in [-0.4, -0.2) is 11.1 Å². The van der Waals surface area contributed by atoms with Crippen LogP contribution in [0.3, 0.4) is 0 Å². The highest BCUT2D eigenvalue weighted by Crippen LogP contribution is 2.40. The Kier molecular flexibility index (Phi) is 6.19. The molecule has 0 saturated heterocycles. The molecule has 0 saturated carbocycles. The second-order valence-corrected chi connectivity index (χ2v) is 7.46. The SMILES string of the molecule is CC1=C(/C=C/C(C)=C\C=C\c2ccc(C(=O)O)cc2)C(C)(C)CCC1. The predicted molar refractivity (Wildman–Crippen MR) is 106 cm³/mol. The van der Waals surface area contributed by atoms with Gasteiger partial charge in [-0.25, -0.2) is 4.79 Å². The molecule has 1 aliphatic rings. The van der Waals surface area contributed by atoms with E-state index in [4.69, 9.17) is 5.11 Å². The Morgan fingerprint density at radius 2 is 1.84 bits per heavy atom. The first kappa shape index (κ1) is 19.0. The van der Waals surface area contributed by atoms with Crippen molar-refractivity contribution in [2.75, 3.05) is 0 Å². The van der Waals surface area contributed by atoms with Crippen LogP contribution in [0.25, 0.3) is 6.08 Å². The van der Waals surface area contributed by atoms with E-state index in [0.29, 0.717) is 5.56 Å². The molecule has 0 fully saturated rings. The van der Waals surface area contributed by atoms with Crippen molar-refractivity contribution in [3.8, 4) is 0 Å². The summed E-state index contributed by atoms with van der Waals surface area (Å²) in [6.07, 6.45) is 14.3. The van der Waals surface area contributed by atoms with Gasteiger partial charge < -0.3 is 5.11 Å². The Morgan fingerprint density at radius 1 is 1.16 bits per heavy atom. The highest BCUT2D eigenvalue weighted by molar-refractivity contribution is 5.87. The number of hydrogen-bond acceptors (Lipinski definition) is 1. The molecule has 0 unspecified atom stereocenters. The molecule has 0 heterocycles. The number of carboxylic acids is 1. The van der Waals surface area contributed by atoms with Crippen molar-refractivity contribution in [1.82, 2.24) is 0 Å². The molecule has 1 aliphatic carbocycles. The third-order valence-electron chi connectivity index (χ3n) is 4.86. The Morgan fingerprint density at radius 3 is 2.44 bits per heavy atom. The first-order valence-corrected chi connectivity index (χ1v) is 8.86. The van der Waals surface area contributed by atoms with Gasteiger partial charge in [0.2, 0.25) is 0 Å². The molecule has 132 valence electrons. The molecule has 0 aliphatic heterocycles. The van der Waals surface area contributed by atoms with Gasteiger partial charge in [-0.1, -0.05) is 67.5 Å². The Hall–Kier alpha value is -2.35. The van der Waals surface area contributed by atoms with E-state index in [9.17, 15) is 4.79 Å². The number of allylic oxidation sites excluding steroid dienone is 7. The van der Waals surface area contributed by atoms with Gasteiger partial charge >= 0.3 is 5.97 Å². The zero-order valence-electron chi connectivity index (χ0n) is 15.7. The van der Waals surface area contributed by atoms with Crippen molar-refractivity contribution < 1.29 is 9.90 Å². The van der Waals surface area contributed by atoms with Gasteiger partial charge in [0.15, 0.2) is 0 Å². The van der Waals surface area contributed by atoms with Crippen LogP contribution in [0, 0.1) is 5.41 Å².